The van der Waals surface area contributed by atoms with Crippen LogP contribution in [0.15, 0.2) is 0 Å². The topological polar surface area (TPSA) is 83.6 Å². The van der Waals surface area contributed by atoms with Crippen LogP contribution in [-0.4, -0.2) is 48.4 Å². The van der Waals surface area contributed by atoms with Gasteiger partial charge in [0.1, 0.15) is 6.29 Å². The van der Waals surface area contributed by atoms with Gasteiger partial charge in [0.05, 0.1) is 13.1 Å². The van der Waals surface area contributed by atoms with Crippen LogP contribution in [0.2, 0.25) is 0 Å². The molecule has 0 spiro atoms. The van der Waals surface area contributed by atoms with E-state index in [0.29, 0.717) is 19.4 Å². The van der Waals surface area contributed by atoms with Gasteiger partial charge in [-0.15, -0.1) is 0 Å². The van der Waals surface area contributed by atoms with E-state index in [0.717, 1.165) is 0 Å². The maximum Gasteiger partial charge on any atom is 0.317 e. The lowest BCUT2D eigenvalue weighted by molar-refractivity contribution is -0.138. The Kier molecular flexibility index (Phi) is 5.32. The SMILES string of the molecule is NCCN(CC=O)CC(=O)O. The fraction of sp³-hybridized carbons (Fsp3) is 0.667. The summed E-state index contributed by atoms with van der Waals surface area (Å²) < 4.78 is 0. The van der Waals surface area contributed by atoms with Crippen LogP contribution in [0.25, 0.3) is 0 Å². The van der Waals surface area contributed by atoms with E-state index in [1.54, 1.807) is 0 Å². The van der Waals surface area contributed by atoms with Crippen LogP contribution < -0.4 is 5.73 Å². The van der Waals surface area contributed by atoms with Crippen LogP contribution in [0.3, 0.4) is 0 Å². The van der Waals surface area contributed by atoms with Crippen molar-refractivity contribution in [1.82, 2.24) is 4.90 Å². The van der Waals surface area contributed by atoms with Gasteiger partial charge in [0.15, 0.2) is 0 Å². The standard InChI is InChI=1S/C6H12N2O3/c7-1-2-8(3-4-9)5-6(10)11/h4H,1-3,5,7H2,(H,10,11). The molecule has 0 aromatic carbocycles. The summed E-state index contributed by atoms with van der Waals surface area (Å²) in [6.45, 7) is 0.797. The summed E-state index contributed by atoms with van der Waals surface area (Å²) in [6.07, 6.45) is 0.665. The average molecular weight is 160 g/mol. The van der Waals surface area contributed by atoms with E-state index in [1.807, 2.05) is 0 Å². The predicted octanol–water partition coefficient (Wildman–Crippen LogP) is -1.47. The Hall–Kier alpha value is -0.940. The van der Waals surface area contributed by atoms with Gasteiger partial charge in [-0.1, -0.05) is 0 Å². The van der Waals surface area contributed by atoms with Gasteiger partial charge in [0.25, 0.3) is 0 Å². The van der Waals surface area contributed by atoms with Crippen LogP contribution in [0.5, 0.6) is 0 Å². The van der Waals surface area contributed by atoms with Gasteiger partial charge < -0.3 is 15.6 Å². The molecule has 0 saturated carbocycles. The number of carboxylic acid groups (broad SMARTS) is 1. The summed E-state index contributed by atoms with van der Waals surface area (Å²) >= 11 is 0. The molecule has 0 rings (SSSR count). The fourth-order valence-electron chi connectivity index (χ4n) is 0.714. The molecule has 0 fully saturated rings. The first kappa shape index (κ1) is 10.1. The first-order chi connectivity index (χ1) is 5.20. The van der Waals surface area contributed by atoms with Crippen LogP contribution in [-0.2, 0) is 9.59 Å². The molecule has 11 heavy (non-hydrogen) atoms. The second-order valence-corrected chi connectivity index (χ2v) is 2.08. The summed E-state index contributed by atoms with van der Waals surface area (Å²) in [5.41, 5.74) is 5.18. The Labute approximate surface area is 64.8 Å². The van der Waals surface area contributed by atoms with Gasteiger partial charge in [0.2, 0.25) is 0 Å². The first-order valence-electron chi connectivity index (χ1n) is 3.28. The molecule has 0 aromatic heterocycles. The number of nitrogens with two attached hydrogens (primary N) is 1. The molecule has 0 atom stereocenters. The van der Waals surface area contributed by atoms with Crippen molar-refractivity contribution in [2.24, 2.45) is 5.73 Å². The van der Waals surface area contributed by atoms with Crippen LogP contribution in [0.4, 0.5) is 0 Å². The number of hydrogen-bond acceptors (Lipinski definition) is 4. The first-order valence-corrected chi connectivity index (χ1v) is 3.28. The summed E-state index contributed by atoms with van der Waals surface area (Å²) in [7, 11) is 0. The molecule has 0 unspecified atom stereocenters. The van der Waals surface area contributed by atoms with Crippen molar-refractivity contribution in [3.05, 3.63) is 0 Å². The van der Waals surface area contributed by atoms with Crippen molar-refractivity contribution in [2.75, 3.05) is 26.2 Å². The molecule has 0 aliphatic carbocycles. The minimum atomic E-state index is -0.944. The van der Waals surface area contributed by atoms with Gasteiger partial charge in [-0.3, -0.25) is 9.69 Å². The fourth-order valence-corrected chi connectivity index (χ4v) is 0.714. The molecule has 0 radical (unpaired) electrons. The number of hydrogen-bond donors (Lipinski definition) is 2. The normalized spacial score (nSPS) is 10.0. The highest BCUT2D eigenvalue weighted by Crippen LogP contribution is 1.83. The maximum atomic E-state index is 10.2. The van der Waals surface area contributed by atoms with Crippen molar-refractivity contribution in [3.8, 4) is 0 Å². The van der Waals surface area contributed by atoms with Crippen molar-refractivity contribution in [1.29, 1.82) is 0 Å². The van der Waals surface area contributed by atoms with E-state index >= 15 is 0 Å². The largest absolute Gasteiger partial charge is 0.480 e. The Balaban J connectivity index is 3.67. The zero-order chi connectivity index (χ0) is 8.69. The van der Waals surface area contributed by atoms with E-state index in [1.165, 1.54) is 4.90 Å². The maximum absolute atomic E-state index is 10.2. The summed E-state index contributed by atoms with van der Waals surface area (Å²) in [6, 6.07) is 0. The molecule has 0 amide bonds. The number of carbonyl (C=O) groups excluding carboxylic acids is 1. The highest BCUT2D eigenvalue weighted by Gasteiger charge is 2.06. The Morgan fingerprint density at radius 2 is 2.27 bits per heavy atom. The molecule has 64 valence electrons. The van der Waals surface area contributed by atoms with E-state index in [2.05, 4.69) is 0 Å². The highest BCUT2D eigenvalue weighted by molar-refractivity contribution is 5.69. The summed E-state index contributed by atoms with van der Waals surface area (Å²) in [5, 5.41) is 8.34. The van der Waals surface area contributed by atoms with Crippen molar-refractivity contribution < 1.29 is 14.7 Å². The van der Waals surface area contributed by atoms with E-state index in [4.69, 9.17) is 10.8 Å². The summed E-state index contributed by atoms with van der Waals surface area (Å²) in [4.78, 5) is 21.6. The third kappa shape index (κ3) is 5.50. The zero-order valence-corrected chi connectivity index (χ0v) is 6.19. The van der Waals surface area contributed by atoms with Crippen LogP contribution >= 0.6 is 0 Å². The molecular weight excluding hydrogens is 148 g/mol. The monoisotopic (exact) mass is 160 g/mol. The van der Waals surface area contributed by atoms with Gasteiger partial charge in [0, 0.05) is 13.1 Å². The third-order valence-corrected chi connectivity index (χ3v) is 1.14. The molecule has 0 aliphatic heterocycles. The molecule has 0 heterocycles. The van der Waals surface area contributed by atoms with Crippen molar-refractivity contribution in [3.63, 3.8) is 0 Å². The quantitative estimate of drug-likeness (QED) is 0.463. The number of nitrogens with zero attached hydrogens (tertiary/aromatic N) is 1. The molecule has 5 nitrogen and oxygen atoms in total. The van der Waals surface area contributed by atoms with E-state index < -0.39 is 5.97 Å². The average Bonchev–Trinajstić information content (AvgIpc) is 1.87. The minimum Gasteiger partial charge on any atom is -0.480 e. The van der Waals surface area contributed by atoms with Gasteiger partial charge in [-0.2, -0.15) is 0 Å². The number of aliphatic carboxylic acids is 1. The van der Waals surface area contributed by atoms with E-state index in [9.17, 15) is 9.59 Å². The molecule has 0 aromatic rings. The number of rotatable bonds is 6. The predicted molar refractivity (Wildman–Crippen MR) is 39.2 cm³/mol. The highest BCUT2D eigenvalue weighted by atomic mass is 16.4. The lowest BCUT2D eigenvalue weighted by Gasteiger charge is -2.14. The van der Waals surface area contributed by atoms with Crippen LogP contribution in [0, 0.1) is 0 Å². The Morgan fingerprint density at radius 3 is 2.64 bits per heavy atom. The smallest absolute Gasteiger partial charge is 0.317 e. The Bertz CT molecular complexity index is 138. The van der Waals surface area contributed by atoms with Crippen molar-refractivity contribution >= 4 is 12.3 Å². The second kappa shape index (κ2) is 5.82. The van der Waals surface area contributed by atoms with Crippen molar-refractivity contribution in [2.45, 2.75) is 0 Å². The Morgan fingerprint density at radius 1 is 1.64 bits per heavy atom. The number of carboxylic acids is 1. The molecule has 0 aliphatic rings. The lowest BCUT2D eigenvalue weighted by atomic mass is 10.4. The van der Waals surface area contributed by atoms with Gasteiger partial charge >= 0.3 is 5.97 Å². The van der Waals surface area contributed by atoms with E-state index in [-0.39, 0.29) is 13.1 Å². The molecule has 0 bridgehead atoms. The number of carbonyl (C=O) groups is 2. The molecular formula is C6H12N2O3. The third-order valence-electron chi connectivity index (χ3n) is 1.14. The second-order valence-electron chi connectivity index (χ2n) is 2.08. The summed E-state index contributed by atoms with van der Waals surface area (Å²) in [5.74, 6) is -0.944. The lowest BCUT2D eigenvalue weighted by Crippen LogP contribution is -2.35. The molecule has 5 heteroatoms. The van der Waals surface area contributed by atoms with Gasteiger partial charge in [-0.05, 0) is 0 Å². The van der Waals surface area contributed by atoms with Gasteiger partial charge in [-0.25, -0.2) is 0 Å². The number of aldehydes is 1. The molecule has 3 N–H and O–H groups in total. The zero-order valence-electron chi connectivity index (χ0n) is 6.19. The minimum absolute atomic E-state index is 0.128. The van der Waals surface area contributed by atoms with Crippen LogP contribution in [0.1, 0.15) is 0 Å². The molecule has 0 saturated heterocycles.